The normalized spacial score (nSPS) is 12.3. The molecule has 0 heterocycles. The molecule has 0 atom stereocenters. The van der Waals surface area contributed by atoms with Gasteiger partial charge in [0.2, 0.25) is 0 Å². The number of nitrogens with one attached hydrogen (secondary N) is 1. The molecule has 0 unspecified atom stereocenters. The Kier molecular flexibility index (Phi) is 6.21. The van der Waals surface area contributed by atoms with Crippen molar-refractivity contribution in [3.05, 3.63) is 88.6 Å². The molecule has 0 saturated carbocycles. The highest BCUT2D eigenvalue weighted by Crippen LogP contribution is 2.17. The summed E-state index contributed by atoms with van der Waals surface area (Å²) in [7, 11) is 0. The number of hydrogen-bond acceptors (Lipinski definition) is 3. The zero-order valence-corrected chi connectivity index (χ0v) is 14.5. The van der Waals surface area contributed by atoms with Crippen molar-refractivity contribution in [3.8, 4) is 0 Å². The lowest BCUT2D eigenvalue weighted by atomic mass is 10.1. The molecule has 0 aliphatic heterocycles. The summed E-state index contributed by atoms with van der Waals surface area (Å²) in [4.78, 5) is 12.5. The Hall–Kier alpha value is -2.52. The van der Waals surface area contributed by atoms with E-state index in [1.165, 1.54) is 6.08 Å². The third-order valence-corrected chi connectivity index (χ3v) is 3.63. The lowest BCUT2D eigenvalue weighted by Gasteiger charge is -2.12. The molecule has 0 aromatic heterocycles. The highest BCUT2D eigenvalue weighted by Gasteiger charge is 2.09. The van der Waals surface area contributed by atoms with Crippen LogP contribution in [0.25, 0.3) is 5.70 Å². The monoisotopic (exact) mass is 340 g/mol. The minimum absolute atomic E-state index is 0.162. The van der Waals surface area contributed by atoms with Gasteiger partial charge in [-0.1, -0.05) is 54.1 Å². The van der Waals surface area contributed by atoms with E-state index in [0.29, 0.717) is 22.0 Å². The quantitative estimate of drug-likeness (QED) is 0.465. The summed E-state index contributed by atoms with van der Waals surface area (Å²) < 4.78 is 0. The predicted molar refractivity (Wildman–Crippen MR) is 101 cm³/mol. The van der Waals surface area contributed by atoms with E-state index in [0.717, 1.165) is 5.56 Å². The van der Waals surface area contributed by atoms with Crippen molar-refractivity contribution in [3.63, 3.8) is 0 Å². The number of rotatable bonds is 6. The van der Waals surface area contributed by atoms with Gasteiger partial charge in [-0.15, -0.1) is 0 Å². The van der Waals surface area contributed by atoms with Gasteiger partial charge in [0.05, 0.1) is 5.02 Å². The Morgan fingerprint density at radius 2 is 1.67 bits per heavy atom. The van der Waals surface area contributed by atoms with Crippen LogP contribution in [0.1, 0.15) is 29.8 Å². The summed E-state index contributed by atoms with van der Waals surface area (Å²) in [5.74, 6) is -0.166. The van der Waals surface area contributed by atoms with E-state index in [1.807, 2.05) is 44.2 Å². The van der Waals surface area contributed by atoms with Crippen LogP contribution in [0, 0.1) is 0 Å². The molecule has 3 nitrogen and oxygen atoms in total. The van der Waals surface area contributed by atoms with Crippen molar-refractivity contribution in [1.29, 1.82) is 0 Å². The number of benzene rings is 2. The summed E-state index contributed by atoms with van der Waals surface area (Å²) >= 11 is 6.10. The van der Waals surface area contributed by atoms with E-state index in [-0.39, 0.29) is 11.8 Å². The first-order chi connectivity index (χ1) is 11.5. The number of carbonyl (C=O) groups excluding carboxylic acids is 1. The zero-order valence-electron chi connectivity index (χ0n) is 13.8. The molecule has 2 aromatic carbocycles. The maximum Gasteiger partial charge on any atom is 0.189 e. The van der Waals surface area contributed by atoms with Gasteiger partial charge in [-0.05, 0) is 37.6 Å². The molecule has 0 spiro atoms. The Balaban J connectivity index is 2.34. The summed E-state index contributed by atoms with van der Waals surface area (Å²) in [6, 6.07) is 16.8. The van der Waals surface area contributed by atoms with Crippen LogP contribution in [0.2, 0.25) is 5.02 Å². The molecule has 0 amide bonds. The van der Waals surface area contributed by atoms with Crippen molar-refractivity contribution in [2.24, 2.45) is 5.73 Å². The fraction of sp³-hybridized carbons (Fsp3) is 0.150. The SMILES string of the molecule is CC(C)NC(/C=C(\N)c1ccccc1)=C/C(=O)c1ccccc1Cl. The average Bonchev–Trinajstić information content (AvgIpc) is 2.55. The van der Waals surface area contributed by atoms with Crippen molar-refractivity contribution >= 4 is 23.1 Å². The third kappa shape index (κ3) is 5.00. The van der Waals surface area contributed by atoms with Crippen molar-refractivity contribution in [1.82, 2.24) is 5.32 Å². The summed E-state index contributed by atoms with van der Waals surface area (Å²) in [6.45, 7) is 4.00. The van der Waals surface area contributed by atoms with Crippen LogP contribution in [0.15, 0.2) is 72.4 Å². The number of carbonyl (C=O) groups is 1. The molecule has 0 fully saturated rings. The Labute approximate surface area is 147 Å². The Bertz CT molecular complexity index is 764. The number of allylic oxidation sites excluding steroid dienone is 2. The van der Waals surface area contributed by atoms with E-state index in [2.05, 4.69) is 5.32 Å². The molecular formula is C20H21ClN2O. The van der Waals surface area contributed by atoms with Crippen LogP contribution in [0.4, 0.5) is 0 Å². The topological polar surface area (TPSA) is 55.1 Å². The first-order valence-electron chi connectivity index (χ1n) is 7.77. The minimum Gasteiger partial charge on any atom is -0.398 e. The van der Waals surface area contributed by atoms with E-state index in [4.69, 9.17) is 17.3 Å². The number of ketones is 1. The van der Waals surface area contributed by atoms with Gasteiger partial charge in [-0.3, -0.25) is 4.79 Å². The fourth-order valence-electron chi connectivity index (χ4n) is 2.22. The first kappa shape index (κ1) is 17.8. The van der Waals surface area contributed by atoms with Crippen molar-refractivity contribution in [2.75, 3.05) is 0 Å². The minimum atomic E-state index is -0.166. The standard InChI is InChI=1S/C20H21ClN2O/c1-14(2)23-16(12-19(22)15-8-4-3-5-9-15)13-20(24)17-10-6-7-11-18(17)21/h3-14,23H,22H2,1-2H3/b16-13+,19-12-. The van der Waals surface area contributed by atoms with Crippen LogP contribution in [-0.4, -0.2) is 11.8 Å². The summed E-state index contributed by atoms with van der Waals surface area (Å²) in [5, 5.41) is 3.67. The Morgan fingerprint density at radius 3 is 2.29 bits per heavy atom. The second-order valence-electron chi connectivity index (χ2n) is 5.71. The van der Waals surface area contributed by atoms with Crippen LogP contribution in [0.5, 0.6) is 0 Å². The van der Waals surface area contributed by atoms with Gasteiger partial charge >= 0.3 is 0 Å². The second kappa shape index (κ2) is 8.37. The Morgan fingerprint density at radius 1 is 1.04 bits per heavy atom. The number of nitrogens with two attached hydrogens (primary N) is 1. The maximum atomic E-state index is 12.5. The van der Waals surface area contributed by atoms with Gasteiger partial charge in [0.25, 0.3) is 0 Å². The molecule has 0 radical (unpaired) electrons. The van der Waals surface area contributed by atoms with E-state index < -0.39 is 0 Å². The molecule has 3 N–H and O–H groups in total. The smallest absolute Gasteiger partial charge is 0.189 e. The second-order valence-corrected chi connectivity index (χ2v) is 6.12. The van der Waals surface area contributed by atoms with Gasteiger partial charge in [-0.2, -0.15) is 0 Å². The first-order valence-corrected chi connectivity index (χ1v) is 8.15. The third-order valence-electron chi connectivity index (χ3n) is 3.30. The molecule has 4 heteroatoms. The largest absolute Gasteiger partial charge is 0.398 e. The molecule has 0 aliphatic rings. The van der Waals surface area contributed by atoms with Gasteiger partial charge in [0, 0.05) is 29.1 Å². The van der Waals surface area contributed by atoms with Crippen molar-refractivity contribution < 1.29 is 4.79 Å². The van der Waals surface area contributed by atoms with Gasteiger partial charge in [0.15, 0.2) is 5.78 Å². The molecule has 2 rings (SSSR count). The molecule has 0 saturated heterocycles. The average molecular weight is 341 g/mol. The van der Waals surface area contributed by atoms with Crippen LogP contribution in [-0.2, 0) is 0 Å². The predicted octanol–water partition coefficient (Wildman–Crippen LogP) is 4.40. The zero-order chi connectivity index (χ0) is 17.5. The van der Waals surface area contributed by atoms with Gasteiger partial charge in [-0.25, -0.2) is 0 Å². The summed E-state index contributed by atoms with van der Waals surface area (Å²) in [5.41, 5.74) is 8.76. The van der Waals surface area contributed by atoms with Crippen molar-refractivity contribution in [2.45, 2.75) is 19.9 Å². The van der Waals surface area contributed by atoms with Crippen LogP contribution in [0.3, 0.4) is 0 Å². The molecule has 0 aliphatic carbocycles. The molecule has 0 bridgehead atoms. The molecule has 124 valence electrons. The lowest BCUT2D eigenvalue weighted by Crippen LogP contribution is -2.22. The van der Waals surface area contributed by atoms with E-state index >= 15 is 0 Å². The van der Waals surface area contributed by atoms with Gasteiger partial charge in [0.1, 0.15) is 0 Å². The molecule has 2 aromatic rings. The highest BCUT2D eigenvalue weighted by molar-refractivity contribution is 6.34. The highest BCUT2D eigenvalue weighted by atomic mass is 35.5. The maximum absolute atomic E-state index is 12.5. The van der Waals surface area contributed by atoms with Crippen LogP contribution >= 0.6 is 11.6 Å². The fourth-order valence-corrected chi connectivity index (χ4v) is 2.45. The van der Waals surface area contributed by atoms with E-state index in [1.54, 1.807) is 30.3 Å². The van der Waals surface area contributed by atoms with Crippen LogP contribution < -0.4 is 11.1 Å². The number of hydrogen-bond donors (Lipinski definition) is 2. The molecule has 24 heavy (non-hydrogen) atoms. The molecular weight excluding hydrogens is 320 g/mol. The van der Waals surface area contributed by atoms with E-state index in [9.17, 15) is 4.79 Å². The number of halogens is 1. The summed E-state index contributed by atoms with van der Waals surface area (Å²) in [6.07, 6.45) is 3.29. The van der Waals surface area contributed by atoms with Gasteiger partial charge < -0.3 is 11.1 Å². The lowest BCUT2D eigenvalue weighted by molar-refractivity contribution is 0.104.